The molecule has 108 valence electrons. The predicted octanol–water partition coefficient (Wildman–Crippen LogP) is 3.23. The number of rotatable bonds is 10. The van der Waals surface area contributed by atoms with Crippen molar-refractivity contribution in [1.82, 2.24) is 0 Å². The molecule has 0 saturated carbocycles. The Kier molecular flexibility index (Phi) is 10.3. The third-order valence-corrected chi connectivity index (χ3v) is 2.73. The lowest BCUT2D eigenvalue weighted by atomic mass is 9.92. The number of allylic oxidation sites excluding steroid dienone is 1. The van der Waals surface area contributed by atoms with Crippen LogP contribution in [0.4, 0.5) is 0 Å². The summed E-state index contributed by atoms with van der Waals surface area (Å²) in [4.78, 5) is 0. The molecule has 0 aliphatic rings. The van der Waals surface area contributed by atoms with Crippen molar-refractivity contribution in [2.45, 2.75) is 46.6 Å². The van der Waals surface area contributed by atoms with Crippen molar-refractivity contribution >= 4 is 0 Å². The van der Waals surface area contributed by atoms with E-state index in [1.165, 1.54) is 0 Å². The molecule has 0 heterocycles. The number of ether oxygens (including phenoxy) is 2. The van der Waals surface area contributed by atoms with Gasteiger partial charge in [0.1, 0.15) is 6.79 Å². The normalized spacial score (nSPS) is 15.8. The van der Waals surface area contributed by atoms with Gasteiger partial charge in [-0.3, -0.25) is 0 Å². The molecular weight excluding hydrogens is 228 g/mol. The molecule has 0 spiro atoms. The minimum atomic E-state index is -0.428. The summed E-state index contributed by atoms with van der Waals surface area (Å²) in [6.07, 6.45) is 5.51. The van der Waals surface area contributed by atoms with E-state index in [-0.39, 0.29) is 12.7 Å². The van der Waals surface area contributed by atoms with Crippen LogP contribution in [0.5, 0.6) is 0 Å². The summed E-state index contributed by atoms with van der Waals surface area (Å²) < 4.78 is 10.2. The van der Waals surface area contributed by atoms with Crippen LogP contribution in [-0.2, 0) is 9.47 Å². The van der Waals surface area contributed by atoms with Gasteiger partial charge in [-0.2, -0.15) is 0 Å². The van der Waals surface area contributed by atoms with Crippen molar-refractivity contribution in [3.8, 4) is 0 Å². The number of methoxy groups -OCH3 is 1. The maximum atomic E-state index is 10.2. The summed E-state index contributed by atoms with van der Waals surface area (Å²) in [6.45, 7) is 9.49. The summed E-state index contributed by atoms with van der Waals surface area (Å²) in [7, 11) is 1.61. The Labute approximate surface area is 112 Å². The van der Waals surface area contributed by atoms with Crippen LogP contribution in [0.25, 0.3) is 0 Å². The molecule has 0 aromatic carbocycles. The Morgan fingerprint density at radius 3 is 2.28 bits per heavy atom. The first-order valence-electron chi connectivity index (χ1n) is 6.88. The highest BCUT2D eigenvalue weighted by Gasteiger charge is 2.18. The van der Waals surface area contributed by atoms with Crippen LogP contribution in [0.15, 0.2) is 12.2 Å². The molecule has 0 aromatic heterocycles. The van der Waals surface area contributed by atoms with Crippen LogP contribution < -0.4 is 0 Å². The van der Waals surface area contributed by atoms with Crippen LogP contribution in [-0.4, -0.2) is 31.7 Å². The Balaban J connectivity index is 4.20. The Morgan fingerprint density at radius 1 is 1.11 bits per heavy atom. The second-order valence-corrected chi connectivity index (χ2v) is 5.72. The van der Waals surface area contributed by atoms with Crippen molar-refractivity contribution in [3.05, 3.63) is 12.2 Å². The molecule has 0 aromatic rings. The number of aliphatic hydroxyl groups is 1. The number of hydrogen-bond donors (Lipinski definition) is 1. The third-order valence-electron chi connectivity index (χ3n) is 2.73. The quantitative estimate of drug-likeness (QED) is 0.371. The molecule has 0 bridgehead atoms. The van der Waals surface area contributed by atoms with Crippen molar-refractivity contribution < 1.29 is 14.6 Å². The lowest BCUT2D eigenvalue weighted by Crippen LogP contribution is -2.25. The van der Waals surface area contributed by atoms with E-state index in [4.69, 9.17) is 9.47 Å². The molecular formula is C15H30O3. The van der Waals surface area contributed by atoms with Gasteiger partial charge in [0.25, 0.3) is 0 Å². The molecule has 0 unspecified atom stereocenters. The molecule has 0 saturated heterocycles. The zero-order valence-corrected chi connectivity index (χ0v) is 12.6. The van der Waals surface area contributed by atoms with E-state index in [0.717, 1.165) is 12.8 Å². The van der Waals surface area contributed by atoms with Gasteiger partial charge >= 0.3 is 0 Å². The van der Waals surface area contributed by atoms with E-state index >= 15 is 0 Å². The maximum Gasteiger partial charge on any atom is 0.146 e. The van der Waals surface area contributed by atoms with Gasteiger partial charge in [0, 0.05) is 13.0 Å². The van der Waals surface area contributed by atoms with Gasteiger partial charge in [0.15, 0.2) is 0 Å². The average Bonchev–Trinajstić information content (AvgIpc) is 2.26. The van der Waals surface area contributed by atoms with E-state index in [0.29, 0.717) is 18.4 Å². The fraction of sp³-hybridized carbons (Fsp3) is 0.867. The van der Waals surface area contributed by atoms with E-state index in [1.54, 1.807) is 7.11 Å². The van der Waals surface area contributed by atoms with Gasteiger partial charge in [0.2, 0.25) is 0 Å². The van der Waals surface area contributed by atoms with E-state index in [9.17, 15) is 5.11 Å². The van der Waals surface area contributed by atoms with Gasteiger partial charge in [-0.1, -0.05) is 39.8 Å². The molecule has 3 heteroatoms. The second kappa shape index (κ2) is 10.5. The highest BCUT2D eigenvalue weighted by molar-refractivity contribution is 4.92. The fourth-order valence-corrected chi connectivity index (χ4v) is 1.84. The smallest absolute Gasteiger partial charge is 0.146 e. The maximum absolute atomic E-state index is 10.2. The molecule has 3 nitrogen and oxygen atoms in total. The van der Waals surface area contributed by atoms with Crippen LogP contribution in [0.3, 0.4) is 0 Å². The molecule has 0 aliphatic heterocycles. The zero-order valence-electron chi connectivity index (χ0n) is 12.6. The molecule has 0 fully saturated rings. The van der Waals surface area contributed by atoms with Crippen LogP contribution in [0.1, 0.15) is 40.5 Å². The molecule has 0 radical (unpaired) electrons. The van der Waals surface area contributed by atoms with Gasteiger partial charge in [0.05, 0.1) is 12.7 Å². The van der Waals surface area contributed by atoms with Gasteiger partial charge < -0.3 is 14.6 Å². The lowest BCUT2D eigenvalue weighted by Gasteiger charge is -2.22. The Morgan fingerprint density at radius 2 is 1.78 bits per heavy atom. The zero-order chi connectivity index (χ0) is 14.0. The third kappa shape index (κ3) is 9.63. The fourth-order valence-electron chi connectivity index (χ4n) is 1.84. The Bertz CT molecular complexity index is 212. The minimum absolute atomic E-state index is 0.142. The van der Waals surface area contributed by atoms with Crippen molar-refractivity contribution in [2.24, 2.45) is 17.8 Å². The van der Waals surface area contributed by atoms with Crippen LogP contribution >= 0.6 is 0 Å². The first kappa shape index (κ1) is 17.6. The summed E-state index contributed by atoms with van der Waals surface area (Å²) in [6, 6.07) is 0. The van der Waals surface area contributed by atoms with Crippen molar-refractivity contribution in [1.29, 1.82) is 0 Å². The molecule has 0 aliphatic carbocycles. The molecule has 1 N–H and O–H groups in total. The monoisotopic (exact) mass is 258 g/mol. The lowest BCUT2D eigenvalue weighted by molar-refractivity contribution is -0.0582. The summed E-state index contributed by atoms with van der Waals surface area (Å²) in [5, 5.41) is 10.2. The van der Waals surface area contributed by atoms with E-state index in [2.05, 4.69) is 33.8 Å². The first-order chi connectivity index (χ1) is 8.47. The summed E-state index contributed by atoms with van der Waals surface area (Å²) >= 11 is 0. The molecule has 0 rings (SSSR count). The number of hydrogen-bond acceptors (Lipinski definition) is 3. The van der Waals surface area contributed by atoms with Crippen LogP contribution in [0.2, 0.25) is 0 Å². The average molecular weight is 258 g/mol. The number of aliphatic hydroxyl groups excluding tert-OH is 1. The first-order valence-corrected chi connectivity index (χ1v) is 6.88. The standard InChI is InChI=1S/C15H30O3/c1-12(2)7-6-8-15(16)14(9-13(3)4)10-18-11-17-5/h6,8,12-16H,7,9-11H2,1-5H3/b8-6-/t14-,15+/m1/s1. The minimum Gasteiger partial charge on any atom is -0.389 e. The topological polar surface area (TPSA) is 38.7 Å². The van der Waals surface area contributed by atoms with E-state index < -0.39 is 6.10 Å². The van der Waals surface area contributed by atoms with Gasteiger partial charge in [-0.15, -0.1) is 0 Å². The SMILES string of the molecule is COCOC[C@@H](CC(C)C)[C@@H](O)/C=C\CC(C)C. The summed E-state index contributed by atoms with van der Waals surface area (Å²) in [5.41, 5.74) is 0. The highest BCUT2D eigenvalue weighted by atomic mass is 16.7. The predicted molar refractivity (Wildman–Crippen MR) is 75.4 cm³/mol. The van der Waals surface area contributed by atoms with Crippen molar-refractivity contribution in [3.63, 3.8) is 0 Å². The largest absolute Gasteiger partial charge is 0.389 e. The summed E-state index contributed by atoms with van der Waals surface area (Å²) in [5.74, 6) is 1.32. The van der Waals surface area contributed by atoms with Crippen molar-refractivity contribution in [2.75, 3.05) is 20.5 Å². The highest BCUT2D eigenvalue weighted by Crippen LogP contribution is 2.18. The molecule has 2 atom stereocenters. The second-order valence-electron chi connectivity index (χ2n) is 5.72. The van der Waals surface area contributed by atoms with Gasteiger partial charge in [-0.25, -0.2) is 0 Å². The Hall–Kier alpha value is -0.380. The van der Waals surface area contributed by atoms with Gasteiger partial charge in [-0.05, 0) is 24.7 Å². The van der Waals surface area contributed by atoms with Crippen LogP contribution in [0, 0.1) is 17.8 Å². The molecule has 0 amide bonds. The van der Waals surface area contributed by atoms with E-state index in [1.807, 2.05) is 6.08 Å². The molecule has 18 heavy (non-hydrogen) atoms.